The van der Waals surface area contributed by atoms with Crippen molar-refractivity contribution in [2.75, 3.05) is 27.2 Å². The number of likely N-dealkylation sites (N-methyl/N-ethyl adjacent to an activating group) is 1. The van der Waals surface area contributed by atoms with Crippen LogP contribution in [-0.4, -0.2) is 37.9 Å². The second kappa shape index (κ2) is 4.88. The Hall–Kier alpha value is -3.35. The lowest BCUT2D eigenvalue weighted by atomic mass is 9.82. The van der Waals surface area contributed by atoms with Gasteiger partial charge in [-0.2, -0.15) is 0 Å². The molecule has 4 aliphatic heterocycles. The first-order chi connectivity index (χ1) is 13.2. The van der Waals surface area contributed by atoms with Crippen molar-refractivity contribution < 1.29 is 28.5 Å². The van der Waals surface area contributed by atoms with E-state index in [0.29, 0.717) is 34.3 Å². The summed E-state index contributed by atoms with van der Waals surface area (Å²) in [7, 11) is 1.88. The maximum absolute atomic E-state index is 13.8. The van der Waals surface area contributed by atoms with E-state index < -0.39 is 5.54 Å². The van der Waals surface area contributed by atoms with Gasteiger partial charge in [-0.3, -0.25) is 4.79 Å². The molecule has 4 aliphatic rings. The minimum Gasteiger partial charge on any atom is -0.486 e. The summed E-state index contributed by atoms with van der Waals surface area (Å²) in [5.74, 6) is 2.94. The van der Waals surface area contributed by atoms with Crippen LogP contribution in [0.1, 0.15) is 21.5 Å². The van der Waals surface area contributed by atoms with Crippen molar-refractivity contribution in [3.8, 4) is 28.7 Å². The summed E-state index contributed by atoms with van der Waals surface area (Å²) < 4.78 is 27.9. The molecule has 0 N–H and O–H groups in total. The lowest BCUT2D eigenvalue weighted by Crippen LogP contribution is -2.48. The number of rotatable bonds is 0. The van der Waals surface area contributed by atoms with Gasteiger partial charge in [0.05, 0.1) is 0 Å². The van der Waals surface area contributed by atoms with E-state index >= 15 is 0 Å². The predicted octanol–water partition coefficient (Wildman–Crippen LogP) is 2.53. The van der Waals surface area contributed by atoms with Gasteiger partial charge in [0, 0.05) is 24.4 Å². The fourth-order valence-corrected chi connectivity index (χ4v) is 4.14. The van der Waals surface area contributed by atoms with Crippen molar-refractivity contribution in [3.05, 3.63) is 47.2 Å². The molecule has 1 spiro atoms. The fourth-order valence-electron chi connectivity index (χ4n) is 4.14. The standard InChI is InChI=1S/C20H15NO6/c1-21-5-4-11-6-15-16(26-9-25-15)7-12(11)19(22)20(21)8-23-17-13(20)2-3-14-18(17)27-10-24-14/h2-7H,8-10H2,1H3/t20-/m0/s1. The third-order valence-electron chi connectivity index (χ3n) is 5.61. The molecule has 7 heteroatoms. The Morgan fingerprint density at radius 1 is 0.926 bits per heavy atom. The Kier molecular flexibility index (Phi) is 2.67. The van der Waals surface area contributed by atoms with Crippen LogP contribution < -0.4 is 23.7 Å². The topological polar surface area (TPSA) is 66.5 Å². The van der Waals surface area contributed by atoms with E-state index in [1.165, 1.54) is 0 Å². The molecule has 0 fully saturated rings. The second-order valence-corrected chi connectivity index (χ2v) is 6.87. The van der Waals surface area contributed by atoms with Crippen molar-refractivity contribution in [2.24, 2.45) is 0 Å². The van der Waals surface area contributed by atoms with Gasteiger partial charge < -0.3 is 28.6 Å². The van der Waals surface area contributed by atoms with Gasteiger partial charge in [-0.1, -0.05) is 0 Å². The molecule has 136 valence electrons. The first kappa shape index (κ1) is 14.8. The number of nitrogens with zero attached hydrogens (tertiary/aromatic N) is 1. The average Bonchev–Trinajstić information content (AvgIpc) is 3.39. The largest absolute Gasteiger partial charge is 0.486 e. The lowest BCUT2D eigenvalue weighted by Gasteiger charge is -2.34. The monoisotopic (exact) mass is 365 g/mol. The summed E-state index contributed by atoms with van der Waals surface area (Å²) in [6.07, 6.45) is 3.81. The Balaban J connectivity index is 1.57. The highest BCUT2D eigenvalue weighted by Crippen LogP contribution is 2.53. The smallest absolute Gasteiger partial charge is 0.231 e. The Labute approximate surface area is 154 Å². The number of ether oxygens (including phenoxy) is 5. The van der Waals surface area contributed by atoms with Gasteiger partial charge in [0.25, 0.3) is 0 Å². The molecule has 0 aliphatic carbocycles. The Morgan fingerprint density at radius 3 is 2.59 bits per heavy atom. The van der Waals surface area contributed by atoms with E-state index in [-0.39, 0.29) is 26.0 Å². The fraction of sp³-hybridized carbons (Fsp3) is 0.250. The SMILES string of the molecule is CN1C=Cc2cc3c(cc2C(=O)[C@@]12COc1c2ccc2c1OCO2)OCO3. The zero-order chi connectivity index (χ0) is 18.2. The van der Waals surface area contributed by atoms with E-state index in [1.807, 2.05) is 42.4 Å². The Morgan fingerprint density at radius 2 is 1.70 bits per heavy atom. The van der Waals surface area contributed by atoms with Crippen molar-refractivity contribution in [1.29, 1.82) is 0 Å². The summed E-state index contributed by atoms with van der Waals surface area (Å²) in [6.45, 7) is 0.504. The van der Waals surface area contributed by atoms with Crippen molar-refractivity contribution in [2.45, 2.75) is 5.54 Å². The zero-order valence-corrected chi connectivity index (χ0v) is 14.5. The second-order valence-electron chi connectivity index (χ2n) is 6.87. The van der Waals surface area contributed by atoms with Crippen molar-refractivity contribution >= 4 is 11.9 Å². The van der Waals surface area contributed by atoms with Crippen molar-refractivity contribution in [3.63, 3.8) is 0 Å². The normalized spacial score (nSPS) is 23.3. The summed E-state index contributed by atoms with van der Waals surface area (Å²) in [4.78, 5) is 15.7. The van der Waals surface area contributed by atoms with Gasteiger partial charge in [-0.15, -0.1) is 0 Å². The number of benzene rings is 2. The number of Topliss-reactive ketones (excluding diaryl/α,β-unsaturated/α-hetero) is 1. The van der Waals surface area contributed by atoms with Crippen LogP contribution in [0.3, 0.4) is 0 Å². The van der Waals surface area contributed by atoms with E-state index in [9.17, 15) is 4.79 Å². The van der Waals surface area contributed by atoms with E-state index in [2.05, 4.69) is 0 Å². The number of hydrogen-bond donors (Lipinski definition) is 0. The van der Waals surface area contributed by atoms with Crippen LogP contribution in [0, 0.1) is 0 Å². The van der Waals surface area contributed by atoms with Gasteiger partial charge >= 0.3 is 0 Å². The highest BCUT2D eigenvalue weighted by Gasteiger charge is 2.53. The van der Waals surface area contributed by atoms with Gasteiger partial charge in [0.15, 0.2) is 34.3 Å². The molecule has 1 atom stereocenters. The van der Waals surface area contributed by atoms with Crippen LogP contribution in [0.2, 0.25) is 0 Å². The van der Waals surface area contributed by atoms with Crippen LogP contribution in [0.15, 0.2) is 30.5 Å². The molecule has 0 saturated heterocycles. The predicted molar refractivity (Wildman–Crippen MR) is 93.4 cm³/mol. The highest BCUT2D eigenvalue weighted by molar-refractivity contribution is 6.08. The highest BCUT2D eigenvalue weighted by atomic mass is 16.7. The minimum absolute atomic E-state index is 0.0547. The number of ketones is 1. The molecule has 0 unspecified atom stereocenters. The molecule has 0 radical (unpaired) electrons. The molecule has 4 heterocycles. The average molecular weight is 365 g/mol. The van der Waals surface area contributed by atoms with Crippen LogP contribution in [0.25, 0.3) is 6.08 Å². The lowest BCUT2D eigenvalue weighted by molar-refractivity contribution is 0.0656. The van der Waals surface area contributed by atoms with E-state index in [4.69, 9.17) is 23.7 Å². The van der Waals surface area contributed by atoms with E-state index in [0.717, 1.165) is 11.1 Å². The quantitative estimate of drug-likeness (QED) is 0.711. The molecular weight excluding hydrogens is 350 g/mol. The summed E-state index contributed by atoms with van der Waals surface area (Å²) in [6, 6.07) is 7.31. The van der Waals surface area contributed by atoms with Crippen LogP contribution in [-0.2, 0) is 5.54 Å². The summed E-state index contributed by atoms with van der Waals surface area (Å²) in [5, 5.41) is 0. The first-order valence-electron chi connectivity index (χ1n) is 8.64. The molecule has 27 heavy (non-hydrogen) atoms. The molecule has 0 saturated carbocycles. The zero-order valence-electron chi connectivity index (χ0n) is 14.5. The van der Waals surface area contributed by atoms with Crippen LogP contribution >= 0.6 is 0 Å². The third-order valence-corrected chi connectivity index (χ3v) is 5.61. The van der Waals surface area contributed by atoms with Gasteiger partial charge in [-0.25, -0.2) is 0 Å². The summed E-state index contributed by atoms with van der Waals surface area (Å²) in [5.41, 5.74) is 1.16. The third kappa shape index (κ3) is 1.73. The molecule has 0 aromatic heterocycles. The van der Waals surface area contributed by atoms with Crippen LogP contribution in [0.4, 0.5) is 0 Å². The summed E-state index contributed by atoms with van der Waals surface area (Å²) >= 11 is 0. The minimum atomic E-state index is -0.980. The molecule has 2 aromatic rings. The van der Waals surface area contributed by atoms with Crippen LogP contribution in [0.5, 0.6) is 28.7 Å². The van der Waals surface area contributed by atoms with Gasteiger partial charge in [-0.05, 0) is 35.9 Å². The molecule has 7 nitrogen and oxygen atoms in total. The maximum Gasteiger partial charge on any atom is 0.231 e. The molecule has 0 amide bonds. The number of carbonyl (C=O) groups excluding carboxylic acids is 1. The molecule has 2 aromatic carbocycles. The Bertz CT molecular complexity index is 1050. The number of hydrogen-bond acceptors (Lipinski definition) is 7. The first-order valence-corrected chi connectivity index (χ1v) is 8.64. The van der Waals surface area contributed by atoms with E-state index in [1.54, 1.807) is 6.07 Å². The maximum atomic E-state index is 13.8. The molecular formula is C20H15NO6. The number of fused-ring (bicyclic) bond motifs is 6. The van der Waals surface area contributed by atoms with Gasteiger partial charge in [0.1, 0.15) is 6.61 Å². The number of carbonyl (C=O) groups is 1. The molecule has 6 rings (SSSR count). The molecule has 0 bridgehead atoms. The van der Waals surface area contributed by atoms with Gasteiger partial charge in [0.2, 0.25) is 19.3 Å². The van der Waals surface area contributed by atoms with Crippen molar-refractivity contribution in [1.82, 2.24) is 4.90 Å².